The molecule has 0 amide bonds. The van der Waals surface area contributed by atoms with Crippen molar-refractivity contribution in [1.82, 2.24) is 4.90 Å². The fourth-order valence-electron chi connectivity index (χ4n) is 2.06. The Morgan fingerprint density at radius 1 is 1.15 bits per heavy atom. The lowest BCUT2D eigenvalue weighted by molar-refractivity contribution is -0.145. The summed E-state index contributed by atoms with van der Waals surface area (Å²) < 4.78 is 0. The Bertz CT molecular complexity index is 457. The number of benzene rings is 1. The van der Waals surface area contributed by atoms with Crippen molar-refractivity contribution in [3.05, 3.63) is 29.8 Å². The molecule has 110 valence electrons. The molecule has 6 heteroatoms. The van der Waals surface area contributed by atoms with Gasteiger partial charge in [0.15, 0.2) is 0 Å². The molecular weight excluding hydrogens is 262 g/mol. The number of hydrogen-bond donors (Lipinski definition) is 3. The van der Waals surface area contributed by atoms with Gasteiger partial charge in [-0.05, 0) is 30.7 Å². The van der Waals surface area contributed by atoms with E-state index in [0.29, 0.717) is 12.1 Å². The van der Waals surface area contributed by atoms with Gasteiger partial charge in [-0.25, -0.2) is 0 Å². The van der Waals surface area contributed by atoms with Gasteiger partial charge >= 0.3 is 11.9 Å². The maximum absolute atomic E-state index is 11.5. The minimum Gasteiger partial charge on any atom is -0.508 e. The molecule has 0 saturated heterocycles. The van der Waals surface area contributed by atoms with Gasteiger partial charge in [0.25, 0.3) is 0 Å². The standard InChI is InChI=1S/C14H19NO5/c1-2-8-15(9-7-12(17)18)13(14(19)20)10-3-5-11(16)6-4-10/h3-6,13,16H,2,7-9H2,1H3,(H,17,18)(H,19,20). The van der Waals surface area contributed by atoms with E-state index in [-0.39, 0.29) is 18.7 Å². The van der Waals surface area contributed by atoms with Crippen LogP contribution >= 0.6 is 0 Å². The minimum atomic E-state index is -1.03. The summed E-state index contributed by atoms with van der Waals surface area (Å²) in [5.74, 6) is -1.93. The van der Waals surface area contributed by atoms with Crippen molar-refractivity contribution in [2.24, 2.45) is 0 Å². The minimum absolute atomic E-state index is 0.0606. The number of rotatable bonds is 8. The highest BCUT2D eigenvalue weighted by molar-refractivity contribution is 5.75. The van der Waals surface area contributed by atoms with E-state index in [4.69, 9.17) is 5.11 Å². The van der Waals surface area contributed by atoms with Crippen LogP contribution in [0.15, 0.2) is 24.3 Å². The molecule has 1 aromatic rings. The zero-order valence-electron chi connectivity index (χ0n) is 11.3. The monoisotopic (exact) mass is 281 g/mol. The van der Waals surface area contributed by atoms with Crippen LogP contribution in [0.4, 0.5) is 0 Å². The summed E-state index contributed by atoms with van der Waals surface area (Å²) in [5, 5.41) is 27.4. The molecule has 0 radical (unpaired) electrons. The van der Waals surface area contributed by atoms with Crippen LogP contribution in [-0.4, -0.2) is 45.2 Å². The third-order valence-electron chi connectivity index (χ3n) is 2.93. The summed E-state index contributed by atoms with van der Waals surface area (Å²) in [6.07, 6.45) is 0.614. The van der Waals surface area contributed by atoms with E-state index in [1.807, 2.05) is 6.92 Å². The van der Waals surface area contributed by atoms with Gasteiger partial charge in [-0.15, -0.1) is 0 Å². The second-order valence-corrected chi connectivity index (χ2v) is 4.51. The second-order valence-electron chi connectivity index (χ2n) is 4.51. The molecule has 3 N–H and O–H groups in total. The number of aliphatic carboxylic acids is 2. The number of phenolic OH excluding ortho intramolecular Hbond substituents is 1. The summed E-state index contributed by atoms with van der Waals surface area (Å²) in [7, 11) is 0. The van der Waals surface area contributed by atoms with Crippen molar-refractivity contribution >= 4 is 11.9 Å². The summed E-state index contributed by atoms with van der Waals surface area (Å²) in [4.78, 5) is 23.8. The smallest absolute Gasteiger partial charge is 0.325 e. The van der Waals surface area contributed by atoms with E-state index in [1.165, 1.54) is 24.3 Å². The van der Waals surface area contributed by atoms with E-state index in [2.05, 4.69) is 0 Å². The predicted molar refractivity (Wildman–Crippen MR) is 72.6 cm³/mol. The summed E-state index contributed by atoms with van der Waals surface area (Å²) >= 11 is 0. The van der Waals surface area contributed by atoms with Crippen LogP contribution in [-0.2, 0) is 9.59 Å². The number of nitrogens with zero attached hydrogens (tertiary/aromatic N) is 1. The maximum Gasteiger partial charge on any atom is 0.325 e. The first kappa shape index (κ1) is 16.0. The zero-order chi connectivity index (χ0) is 15.1. The van der Waals surface area contributed by atoms with Crippen LogP contribution in [0, 0.1) is 0 Å². The predicted octanol–water partition coefficient (Wildman–Crippen LogP) is 1.70. The molecule has 20 heavy (non-hydrogen) atoms. The third-order valence-corrected chi connectivity index (χ3v) is 2.93. The molecule has 0 saturated carbocycles. The van der Waals surface area contributed by atoms with Crippen molar-refractivity contribution in [3.8, 4) is 5.75 Å². The number of carboxylic acid groups (broad SMARTS) is 2. The van der Waals surface area contributed by atoms with Crippen molar-refractivity contribution in [2.75, 3.05) is 13.1 Å². The largest absolute Gasteiger partial charge is 0.508 e. The van der Waals surface area contributed by atoms with Gasteiger partial charge in [-0.2, -0.15) is 0 Å². The Kier molecular flexibility index (Phi) is 5.99. The van der Waals surface area contributed by atoms with Gasteiger partial charge < -0.3 is 15.3 Å². The molecule has 0 aliphatic carbocycles. The highest BCUT2D eigenvalue weighted by atomic mass is 16.4. The highest BCUT2D eigenvalue weighted by Crippen LogP contribution is 2.23. The lowest BCUT2D eigenvalue weighted by Crippen LogP contribution is -2.36. The van der Waals surface area contributed by atoms with E-state index in [1.54, 1.807) is 4.90 Å². The zero-order valence-corrected chi connectivity index (χ0v) is 11.3. The summed E-state index contributed by atoms with van der Waals surface area (Å²) in [5.41, 5.74) is 0.522. The first-order valence-corrected chi connectivity index (χ1v) is 6.43. The Morgan fingerprint density at radius 2 is 1.75 bits per heavy atom. The first-order chi connectivity index (χ1) is 9.45. The Morgan fingerprint density at radius 3 is 2.20 bits per heavy atom. The SMILES string of the molecule is CCCN(CCC(=O)O)C(C(=O)O)c1ccc(O)cc1. The number of carbonyl (C=O) groups is 2. The highest BCUT2D eigenvalue weighted by Gasteiger charge is 2.27. The molecule has 1 rings (SSSR count). The van der Waals surface area contributed by atoms with E-state index in [9.17, 15) is 19.8 Å². The average Bonchev–Trinajstić information content (AvgIpc) is 2.38. The lowest BCUT2D eigenvalue weighted by Gasteiger charge is -2.28. The molecule has 0 aliphatic heterocycles. The van der Waals surface area contributed by atoms with Gasteiger partial charge in [-0.3, -0.25) is 14.5 Å². The van der Waals surface area contributed by atoms with Crippen molar-refractivity contribution < 1.29 is 24.9 Å². The molecule has 0 heterocycles. The normalized spacial score (nSPS) is 12.3. The van der Waals surface area contributed by atoms with E-state index in [0.717, 1.165) is 6.42 Å². The number of carboxylic acids is 2. The van der Waals surface area contributed by atoms with E-state index < -0.39 is 18.0 Å². The third kappa shape index (κ3) is 4.55. The van der Waals surface area contributed by atoms with E-state index >= 15 is 0 Å². The van der Waals surface area contributed by atoms with Gasteiger partial charge in [-0.1, -0.05) is 19.1 Å². The van der Waals surface area contributed by atoms with Gasteiger partial charge in [0.2, 0.25) is 0 Å². The van der Waals surface area contributed by atoms with Crippen molar-refractivity contribution in [2.45, 2.75) is 25.8 Å². The Balaban J connectivity index is 2.97. The van der Waals surface area contributed by atoms with Crippen molar-refractivity contribution in [3.63, 3.8) is 0 Å². The molecule has 0 spiro atoms. The van der Waals surface area contributed by atoms with Crippen LogP contribution in [0.3, 0.4) is 0 Å². The van der Waals surface area contributed by atoms with Crippen LogP contribution in [0.25, 0.3) is 0 Å². The molecule has 0 aliphatic rings. The molecule has 0 aromatic heterocycles. The van der Waals surface area contributed by atoms with Crippen molar-refractivity contribution in [1.29, 1.82) is 0 Å². The van der Waals surface area contributed by atoms with Gasteiger partial charge in [0.05, 0.1) is 6.42 Å². The molecule has 1 atom stereocenters. The summed E-state index contributed by atoms with van der Waals surface area (Å²) in [6.45, 7) is 2.57. The number of aromatic hydroxyl groups is 1. The fraction of sp³-hybridized carbons (Fsp3) is 0.429. The molecule has 0 fully saturated rings. The maximum atomic E-state index is 11.5. The average molecular weight is 281 g/mol. The molecule has 6 nitrogen and oxygen atoms in total. The molecular formula is C14H19NO5. The topological polar surface area (TPSA) is 98.1 Å². The first-order valence-electron chi connectivity index (χ1n) is 6.43. The Labute approximate surface area is 117 Å². The second kappa shape index (κ2) is 7.49. The summed E-state index contributed by atoms with van der Waals surface area (Å²) in [6, 6.07) is 5.02. The Hall–Kier alpha value is -2.08. The lowest BCUT2D eigenvalue weighted by atomic mass is 10.0. The van der Waals surface area contributed by atoms with Gasteiger partial charge in [0.1, 0.15) is 11.8 Å². The number of phenols is 1. The molecule has 0 bridgehead atoms. The van der Waals surface area contributed by atoms with Crippen LogP contribution in [0.5, 0.6) is 5.75 Å². The molecule has 1 aromatic carbocycles. The van der Waals surface area contributed by atoms with Crippen LogP contribution in [0.1, 0.15) is 31.4 Å². The van der Waals surface area contributed by atoms with Gasteiger partial charge in [0, 0.05) is 6.54 Å². The number of hydrogen-bond acceptors (Lipinski definition) is 4. The quantitative estimate of drug-likeness (QED) is 0.671. The molecule has 1 unspecified atom stereocenters. The van der Waals surface area contributed by atoms with Crippen LogP contribution in [0.2, 0.25) is 0 Å². The fourth-order valence-corrected chi connectivity index (χ4v) is 2.06. The van der Waals surface area contributed by atoms with Crippen LogP contribution < -0.4 is 0 Å².